The molecule has 38 heavy (non-hydrogen) atoms. The number of alkyl halides is 3. The number of halogens is 3. The minimum atomic E-state index is -4.30. The number of nitrogens with zero attached hydrogens (tertiary/aromatic N) is 5. The fraction of sp³-hybridized carbons (Fsp3) is 0.391. The Balaban J connectivity index is 1.61. The van der Waals surface area contributed by atoms with Crippen molar-refractivity contribution in [3.8, 4) is 0 Å². The predicted molar refractivity (Wildman–Crippen MR) is 134 cm³/mol. The molecular weight excluding hydrogens is 545 g/mol. The number of nitrogens with one attached hydrogen (secondary N) is 1. The van der Waals surface area contributed by atoms with E-state index in [0.29, 0.717) is 35.1 Å². The lowest BCUT2D eigenvalue weighted by atomic mass is 10.0. The van der Waals surface area contributed by atoms with Crippen molar-refractivity contribution in [3.05, 3.63) is 54.6 Å². The van der Waals surface area contributed by atoms with Crippen molar-refractivity contribution in [3.63, 3.8) is 0 Å². The molecule has 1 aliphatic heterocycles. The van der Waals surface area contributed by atoms with Gasteiger partial charge in [-0.2, -0.15) is 13.2 Å². The molecule has 0 radical (unpaired) electrons. The topological polar surface area (TPSA) is 119 Å². The summed E-state index contributed by atoms with van der Waals surface area (Å²) in [6.45, 7) is -0.747. The van der Waals surface area contributed by atoms with Gasteiger partial charge in [0, 0.05) is 30.7 Å². The second-order valence-electron chi connectivity index (χ2n) is 9.27. The number of hydrogen-bond donors (Lipinski definition) is 1. The molecule has 15 heteroatoms. The highest BCUT2D eigenvalue weighted by molar-refractivity contribution is 7.90. The van der Waals surface area contributed by atoms with Crippen molar-refractivity contribution in [1.82, 2.24) is 28.1 Å². The molecule has 0 unspecified atom stereocenters. The van der Waals surface area contributed by atoms with E-state index in [0.717, 1.165) is 10.2 Å². The summed E-state index contributed by atoms with van der Waals surface area (Å²) in [6.07, 6.45) is 0.291. The molecule has 0 amide bonds. The fourth-order valence-electron chi connectivity index (χ4n) is 4.90. The third-order valence-electron chi connectivity index (χ3n) is 6.52. The average Bonchev–Trinajstić information content (AvgIpc) is 3.44. The third-order valence-corrected chi connectivity index (χ3v) is 8.87. The molecule has 204 valence electrons. The Morgan fingerprint density at radius 3 is 2.37 bits per heavy atom. The van der Waals surface area contributed by atoms with Crippen LogP contribution in [0, 0.1) is 0 Å². The Bertz CT molecular complexity index is 1690. The summed E-state index contributed by atoms with van der Waals surface area (Å²) >= 11 is 0. The molecule has 0 aliphatic carbocycles. The molecule has 4 heterocycles. The van der Waals surface area contributed by atoms with Crippen LogP contribution in [0.3, 0.4) is 0 Å². The zero-order chi connectivity index (χ0) is 27.3. The van der Waals surface area contributed by atoms with E-state index in [-0.39, 0.29) is 36.2 Å². The summed E-state index contributed by atoms with van der Waals surface area (Å²) in [4.78, 5) is 10.4. The van der Waals surface area contributed by atoms with Crippen LogP contribution in [0.2, 0.25) is 0 Å². The van der Waals surface area contributed by atoms with E-state index < -0.39 is 32.8 Å². The molecule has 3 aromatic heterocycles. The van der Waals surface area contributed by atoms with Crippen LogP contribution in [0.4, 0.5) is 13.2 Å². The van der Waals surface area contributed by atoms with E-state index in [2.05, 4.69) is 14.7 Å². The smallest absolute Gasteiger partial charge is 0.323 e. The summed E-state index contributed by atoms with van der Waals surface area (Å²) in [5.74, 6) is 0.368. The quantitative estimate of drug-likeness (QED) is 0.363. The number of pyridine rings is 1. The van der Waals surface area contributed by atoms with E-state index >= 15 is 0 Å². The van der Waals surface area contributed by atoms with Gasteiger partial charge in [-0.3, -0.25) is 4.90 Å². The number of imidazole rings is 1. The maximum atomic E-state index is 13.3. The van der Waals surface area contributed by atoms with Crippen LogP contribution in [0.1, 0.15) is 24.7 Å². The standard InChI is InChI=1S/C23H25F3N6O4S2/c1-37(33,34)28-14-20-29-19-13-27-22-18(9-12-31(22)38(35,36)17-5-3-2-4-6-17)21(19)32(20)16-7-10-30(11-8-16)15-23(24,25)26/h2-6,9,12-13,16,28H,7-8,10-11,14-15H2,1H3. The zero-order valence-corrected chi connectivity index (χ0v) is 21.9. The molecule has 1 aromatic carbocycles. The normalized spacial score (nSPS) is 16.5. The number of aromatic nitrogens is 4. The van der Waals surface area contributed by atoms with Gasteiger partial charge >= 0.3 is 6.18 Å². The van der Waals surface area contributed by atoms with Crippen molar-refractivity contribution in [2.24, 2.45) is 0 Å². The van der Waals surface area contributed by atoms with E-state index in [1.807, 2.05) is 4.57 Å². The van der Waals surface area contributed by atoms with Gasteiger partial charge in [0.25, 0.3) is 10.0 Å². The highest BCUT2D eigenvalue weighted by Crippen LogP contribution is 2.34. The first-order chi connectivity index (χ1) is 17.8. The number of benzene rings is 1. The highest BCUT2D eigenvalue weighted by atomic mass is 32.2. The second kappa shape index (κ2) is 9.63. The first-order valence-corrected chi connectivity index (χ1v) is 15.1. The SMILES string of the molecule is CS(=O)(=O)NCc1nc2cnc3c(ccn3S(=O)(=O)c3ccccc3)c2n1C1CCN(CC(F)(F)F)CC1. The first-order valence-electron chi connectivity index (χ1n) is 11.7. The van der Waals surface area contributed by atoms with Crippen LogP contribution in [0.5, 0.6) is 0 Å². The molecule has 5 rings (SSSR count). The van der Waals surface area contributed by atoms with Crippen LogP contribution in [-0.2, 0) is 26.6 Å². The monoisotopic (exact) mass is 570 g/mol. The van der Waals surface area contributed by atoms with Gasteiger partial charge in [0.2, 0.25) is 10.0 Å². The largest absolute Gasteiger partial charge is 0.401 e. The minimum absolute atomic E-state index is 0.0861. The number of sulfonamides is 1. The average molecular weight is 571 g/mol. The van der Waals surface area contributed by atoms with Crippen LogP contribution in [-0.4, -0.2) is 72.3 Å². The summed E-state index contributed by atoms with van der Waals surface area (Å²) in [5, 5.41) is 0.484. The molecule has 0 saturated carbocycles. The van der Waals surface area contributed by atoms with Gasteiger partial charge in [-0.1, -0.05) is 18.2 Å². The number of fused-ring (bicyclic) bond motifs is 3. The van der Waals surface area contributed by atoms with Gasteiger partial charge in [0.15, 0.2) is 5.65 Å². The molecule has 4 aromatic rings. The zero-order valence-electron chi connectivity index (χ0n) is 20.3. The number of piperidine rings is 1. The summed E-state index contributed by atoms with van der Waals surface area (Å²) in [7, 11) is -7.52. The molecule has 1 fully saturated rings. The maximum absolute atomic E-state index is 13.3. The van der Waals surface area contributed by atoms with Crippen LogP contribution in [0.15, 0.2) is 53.7 Å². The lowest BCUT2D eigenvalue weighted by molar-refractivity contribution is -0.148. The summed E-state index contributed by atoms with van der Waals surface area (Å²) in [6, 6.07) is 9.23. The third kappa shape index (κ3) is 5.28. The molecule has 1 saturated heterocycles. The highest BCUT2D eigenvalue weighted by Gasteiger charge is 2.34. The van der Waals surface area contributed by atoms with Gasteiger partial charge < -0.3 is 4.57 Å². The summed E-state index contributed by atoms with van der Waals surface area (Å²) in [5.41, 5.74) is 1.14. The van der Waals surface area contributed by atoms with Crippen molar-refractivity contribution in [1.29, 1.82) is 0 Å². The van der Waals surface area contributed by atoms with E-state index in [9.17, 15) is 30.0 Å². The molecule has 10 nitrogen and oxygen atoms in total. The second-order valence-corrected chi connectivity index (χ2v) is 12.9. The van der Waals surface area contributed by atoms with Crippen LogP contribution >= 0.6 is 0 Å². The Labute approximate surface area is 217 Å². The number of hydrogen-bond acceptors (Lipinski definition) is 7. The van der Waals surface area contributed by atoms with E-state index in [4.69, 9.17) is 0 Å². The minimum Gasteiger partial charge on any atom is -0.323 e. The Hall–Kier alpha value is -3.01. The van der Waals surface area contributed by atoms with Gasteiger partial charge in [0.05, 0.1) is 36.0 Å². The summed E-state index contributed by atoms with van der Waals surface area (Å²) < 4.78 is 94.3. The van der Waals surface area contributed by atoms with Gasteiger partial charge in [-0.05, 0) is 31.0 Å². The van der Waals surface area contributed by atoms with E-state index in [1.165, 1.54) is 29.4 Å². The molecular formula is C23H25F3N6O4S2. The van der Waals surface area contributed by atoms with Gasteiger partial charge in [-0.15, -0.1) is 0 Å². The lowest BCUT2D eigenvalue weighted by Gasteiger charge is -2.34. The molecule has 0 bridgehead atoms. The Kier molecular flexibility index (Phi) is 6.74. The Morgan fingerprint density at radius 2 is 1.74 bits per heavy atom. The Morgan fingerprint density at radius 1 is 1.05 bits per heavy atom. The van der Waals surface area contributed by atoms with Crippen molar-refractivity contribution >= 4 is 42.1 Å². The molecule has 0 spiro atoms. The van der Waals surface area contributed by atoms with Gasteiger partial charge in [0.1, 0.15) is 11.3 Å². The fourth-order valence-corrected chi connectivity index (χ4v) is 6.61. The molecule has 0 atom stereocenters. The van der Waals surface area contributed by atoms with E-state index in [1.54, 1.807) is 24.3 Å². The maximum Gasteiger partial charge on any atom is 0.401 e. The molecule has 1 N–H and O–H groups in total. The number of likely N-dealkylation sites (tertiary alicyclic amines) is 1. The van der Waals surface area contributed by atoms with Crippen molar-refractivity contribution < 1.29 is 30.0 Å². The lowest BCUT2D eigenvalue weighted by Crippen LogP contribution is -2.40. The first kappa shape index (κ1) is 26.6. The van der Waals surface area contributed by atoms with Crippen molar-refractivity contribution in [2.75, 3.05) is 25.9 Å². The predicted octanol–water partition coefficient (Wildman–Crippen LogP) is 2.87. The molecule has 1 aliphatic rings. The van der Waals surface area contributed by atoms with Gasteiger partial charge in [-0.25, -0.2) is 35.5 Å². The van der Waals surface area contributed by atoms with Crippen LogP contribution in [0.25, 0.3) is 22.1 Å². The number of rotatable bonds is 7. The van der Waals surface area contributed by atoms with Crippen LogP contribution < -0.4 is 4.72 Å². The van der Waals surface area contributed by atoms with Crippen molar-refractivity contribution in [2.45, 2.75) is 36.5 Å².